The molecular weight excluding hydrogens is 131 g/mol. The van der Waals surface area contributed by atoms with Crippen molar-refractivity contribution < 1.29 is 23.1 Å². The zero-order valence-corrected chi connectivity index (χ0v) is 5.22. The van der Waals surface area contributed by atoms with Gasteiger partial charge in [0, 0.05) is 25.5 Å². The first kappa shape index (κ1) is 6.72. The Bertz CT molecular complexity index is 116. The van der Waals surface area contributed by atoms with E-state index in [1.807, 2.05) is 0 Å². The smallest absolute Gasteiger partial charge is 0.223 e. The predicted molar refractivity (Wildman–Crippen MR) is 19.0 cm³/mol. The van der Waals surface area contributed by atoms with Crippen LogP contribution in [0.3, 0.4) is 0 Å². The molecule has 0 bridgehead atoms. The van der Waals surface area contributed by atoms with Crippen LogP contribution in [0.15, 0.2) is 10.9 Å². The molecule has 0 unspecified atom stereocenters. The molecule has 0 N–H and O–H groups in total. The van der Waals surface area contributed by atoms with Gasteiger partial charge in [0.2, 0.25) is 5.89 Å². The number of aryl methyl sites for hydroxylation is 1. The summed E-state index contributed by atoms with van der Waals surface area (Å²) in [6, 6.07) is 0. The average molecular weight is 135 g/mol. The summed E-state index contributed by atoms with van der Waals surface area (Å²) in [5.74, 6) is 0.606. The van der Waals surface area contributed by atoms with E-state index in [-0.39, 0.29) is 18.6 Å². The van der Waals surface area contributed by atoms with Crippen molar-refractivity contribution in [3.05, 3.63) is 12.2 Å². The van der Waals surface area contributed by atoms with Gasteiger partial charge in [0.05, 0.1) is 0 Å². The molecule has 1 rings (SSSR count). The Labute approximate surface area is 53.0 Å². The van der Waals surface area contributed by atoms with Crippen LogP contribution in [0.5, 0.6) is 0 Å². The summed E-state index contributed by atoms with van der Waals surface area (Å²) < 4.78 is 4.47. The topological polar surface area (TPSA) is 38.9 Å². The Morgan fingerprint density at radius 2 is 2.43 bits per heavy atom. The molecule has 0 aliphatic carbocycles. The number of rotatable bonds is 0. The van der Waals surface area contributed by atoms with Crippen LogP contribution in [0.4, 0.5) is 0 Å². The fourth-order valence-electron chi connectivity index (χ4n) is 0.228. The first-order valence-electron chi connectivity index (χ1n) is 1.63. The van der Waals surface area contributed by atoms with Gasteiger partial charge in [0.25, 0.3) is 0 Å². The molecule has 4 heteroatoms. The molecule has 0 aliphatic heterocycles. The second kappa shape index (κ2) is 2.83. The molecule has 37 valence electrons. The van der Waals surface area contributed by atoms with Crippen molar-refractivity contribution in [1.29, 1.82) is 0 Å². The maximum Gasteiger partial charge on any atom is 0.223 e. The Balaban J connectivity index is 0.000000360. The Hall–Kier alpha value is -0.276. The average Bonchev–Trinajstić information content (AvgIpc) is 1.86. The molecule has 0 fully saturated rings. The van der Waals surface area contributed by atoms with E-state index in [1.165, 1.54) is 6.33 Å². The van der Waals surface area contributed by atoms with Gasteiger partial charge in [-0.25, -0.2) is 0 Å². The van der Waals surface area contributed by atoms with Gasteiger partial charge in [-0.15, -0.1) is 0 Å². The molecule has 1 radical (unpaired) electrons. The van der Waals surface area contributed by atoms with Gasteiger partial charge in [-0.3, -0.25) is 0 Å². The summed E-state index contributed by atoms with van der Waals surface area (Å²) in [6.45, 7) is 1.74. The first-order chi connectivity index (χ1) is 2.89. The number of hydrogen-bond acceptors (Lipinski definition) is 3. The summed E-state index contributed by atoms with van der Waals surface area (Å²) in [5, 5.41) is 3.34. The van der Waals surface area contributed by atoms with Gasteiger partial charge >= 0.3 is 0 Å². The van der Waals surface area contributed by atoms with Crippen LogP contribution >= 0.6 is 0 Å². The second-order valence-corrected chi connectivity index (χ2v) is 0.960. The summed E-state index contributed by atoms with van der Waals surface area (Å²) in [7, 11) is 0. The van der Waals surface area contributed by atoms with Crippen molar-refractivity contribution in [3.8, 4) is 0 Å². The molecule has 0 aliphatic rings. The van der Waals surface area contributed by atoms with E-state index in [0.717, 1.165) is 0 Å². The maximum absolute atomic E-state index is 4.47. The molecule has 0 spiro atoms. The van der Waals surface area contributed by atoms with Crippen LogP contribution < -0.4 is 0 Å². The summed E-state index contributed by atoms with van der Waals surface area (Å²) in [6.07, 6.45) is 1.37. The number of hydrogen-bond donors (Lipinski definition) is 0. The molecule has 1 aromatic rings. The quantitative estimate of drug-likeness (QED) is 0.516. The third-order valence-corrected chi connectivity index (χ3v) is 0.471. The van der Waals surface area contributed by atoms with Gasteiger partial charge in [-0.1, -0.05) is 5.16 Å². The third-order valence-electron chi connectivity index (χ3n) is 0.471. The SMILES string of the molecule is Cc1ncno1.[V]. The van der Waals surface area contributed by atoms with Crippen molar-refractivity contribution >= 4 is 0 Å². The minimum atomic E-state index is 0. The van der Waals surface area contributed by atoms with Crippen molar-refractivity contribution in [2.24, 2.45) is 0 Å². The zero-order valence-electron chi connectivity index (χ0n) is 3.83. The van der Waals surface area contributed by atoms with E-state index >= 15 is 0 Å². The fraction of sp³-hybridized carbons (Fsp3) is 0.333. The maximum atomic E-state index is 4.47. The van der Waals surface area contributed by atoms with Crippen LogP contribution in [-0.4, -0.2) is 10.1 Å². The minimum absolute atomic E-state index is 0. The number of nitrogens with zero attached hydrogens (tertiary/aromatic N) is 2. The van der Waals surface area contributed by atoms with Crippen molar-refractivity contribution in [2.45, 2.75) is 6.92 Å². The van der Waals surface area contributed by atoms with Crippen LogP contribution in [0.25, 0.3) is 0 Å². The Kier molecular flexibility index (Phi) is 2.71. The van der Waals surface area contributed by atoms with Crippen molar-refractivity contribution in [1.82, 2.24) is 10.1 Å². The van der Waals surface area contributed by atoms with E-state index in [2.05, 4.69) is 14.7 Å². The molecule has 3 nitrogen and oxygen atoms in total. The largest absolute Gasteiger partial charge is 0.340 e. The van der Waals surface area contributed by atoms with Gasteiger partial charge in [0.15, 0.2) is 6.33 Å². The molecule has 1 heterocycles. The normalized spacial score (nSPS) is 7.57. The van der Waals surface area contributed by atoms with Crippen molar-refractivity contribution in [2.75, 3.05) is 0 Å². The van der Waals surface area contributed by atoms with Gasteiger partial charge in [0.1, 0.15) is 0 Å². The monoisotopic (exact) mass is 135 g/mol. The van der Waals surface area contributed by atoms with Crippen molar-refractivity contribution in [3.63, 3.8) is 0 Å². The summed E-state index contributed by atoms with van der Waals surface area (Å²) in [4.78, 5) is 3.64. The predicted octanol–water partition coefficient (Wildman–Crippen LogP) is 0.376. The van der Waals surface area contributed by atoms with Gasteiger partial charge in [-0.05, 0) is 0 Å². The molecule has 0 saturated carbocycles. The molecule has 7 heavy (non-hydrogen) atoms. The van der Waals surface area contributed by atoms with E-state index < -0.39 is 0 Å². The summed E-state index contributed by atoms with van der Waals surface area (Å²) in [5.41, 5.74) is 0. The van der Waals surface area contributed by atoms with Gasteiger partial charge in [-0.2, -0.15) is 4.98 Å². The molecule has 0 saturated heterocycles. The van der Waals surface area contributed by atoms with Crippen LogP contribution in [0, 0.1) is 6.92 Å². The first-order valence-corrected chi connectivity index (χ1v) is 1.63. The molecule has 1 aromatic heterocycles. The molecule has 0 atom stereocenters. The second-order valence-electron chi connectivity index (χ2n) is 0.960. The van der Waals surface area contributed by atoms with E-state index in [0.29, 0.717) is 5.89 Å². The minimum Gasteiger partial charge on any atom is -0.340 e. The van der Waals surface area contributed by atoms with E-state index in [9.17, 15) is 0 Å². The number of aromatic nitrogens is 2. The van der Waals surface area contributed by atoms with E-state index in [1.54, 1.807) is 6.92 Å². The van der Waals surface area contributed by atoms with Gasteiger partial charge < -0.3 is 4.52 Å². The third kappa shape index (κ3) is 1.76. The van der Waals surface area contributed by atoms with E-state index in [4.69, 9.17) is 0 Å². The fourth-order valence-corrected chi connectivity index (χ4v) is 0.228. The van der Waals surface area contributed by atoms with Crippen LogP contribution in [-0.2, 0) is 18.6 Å². The Morgan fingerprint density at radius 1 is 1.71 bits per heavy atom. The molecular formula is C3H4N2OV. The zero-order chi connectivity index (χ0) is 4.41. The van der Waals surface area contributed by atoms with Crippen LogP contribution in [0.2, 0.25) is 0 Å². The molecule has 0 amide bonds. The summed E-state index contributed by atoms with van der Waals surface area (Å²) >= 11 is 0. The standard InChI is InChI=1S/C3H4N2O.V/c1-3-4-2-5-6-3;/h2H,1H3;. The Morgan fingerprint density at radius 3 is 2.57 bits per heavy atom. The molecule has 0 aromatic carbocycles. The van der Waals surface area contributed by atoms with Crippen LogP contribution in [0.1, 0.15) is 5.89 Å².